The molecule has 3 aromatic rings. The summed E-state index contributed by atoms with van der Waals surface area (Å²) < 4.78 is 17.0. The summed E-state index contributed by atoms with van der Waals surface area (Å²) in [6, 6.07) is 19.2. The summed E-state index contributed by atoms with van der Waals surface area (Å²) in [7, 11) is 1.47. The second-order valence-corrected chi connectivity index (χ2v) is 7.62. The Balaban J connectivity index is 1.56. The number of esters is 1. The van der Waals surface area contributed by atoms with Gasteiger partial charge in [0.2, 0.25) is 0 Å². The van der Waals surface area contributed by atoms with Gasteiger partial charge in [0.1, 0.15) is 5.75 Å². The topological polar surface area (TPSA) is 86.2 Å². The normalized spacial score (nSPS) is 10.6. The minimum atomic E-state index is -0.502. The number of rotatable bonds is 8. The van der Waals surface area contributed by atoms with Crippen LogP contribution in [0.2, 0.25) is 0 Å². The van der Waals surface area contributed by atoms with Gasteiger partial charge in [0.05, 0.1) is 18.9 Å². The van der Waals surface area contributed by atoms with Crippen molar-refractivity contribution in [2.45, 2.75) is 6.92 Å². The van der Waals surface area contributed by atoms with Gasteiger partial charge in [-0.25, -0.2) is 10.2 Å². The number of hydrogen-bond acceptors (Lipinski definition) is 6. The lowest BCUT2D eigenvalue weighted by molar-refractivity contribution is -0.123. The second-order valence-electron chi connectivity index (χ2n) is 6.71. The Morgan fingerprint density at radius 3 is 2.53 bits per heavy atom. The van der Waals surface area contributed by atoms with E-state index in [-0.39, 0.29) is 12.4 Å². The van der Waals surface area contributed by atoms with Gasteiger partial charge in [-0.15, -0.1) is 0 Å². The van der Waals surface area contributed by atoms with Crippen molar-refractivity contribution in [3.8, 4) is 17.2 Å². The molecule has 164 valence electrons. The van der Waals surface area contributed by atoms with Gasteiger partial charge in [-0.1, -0.05) is 28.1 Å². The van der Waals surface area contributed by atoms with Gasteiger partial charge < -0.3 is 14.2 Å². The standard InChI is InChI=1S/C24H21BrN2O5/c1-16-4-3-5-20(12-16)31-15-23(28)27-26-14-17-6-11-21(22(13-17)30-2)32-24(29)18-7-9-19(25)10-8-18/h3-14H,15H2,1-2H3,(H,27,28)/b26-14-. The Morgan fingerprint density at radius 2 is 1.81 bits per heavy atom. The first-order chi connectivity index (χ1) is 15.4. The molecular formula is C24H21BrN2O5. The van der Waals surface area contributed by atoms with Crippen molar-refractivity contribution in [3.63, 3.8) is 0 Å². The maximum Gasteiger partial charge on any atom is 0.343 e. The van der Waals surface area contributed by atoms with Gasteiger partial charge >= 0.3 is 5.97 Å². The van der Waals surface area contributed by atoms with Crippen LogP contribution in [0.25, 0.3) is 0 Å². The molecule has 0 unspecified atom stereocenters. The SMILES string of the molecule is COc1cc(/C=N\NC(=O)COc2cccc(C)c2)ccc1OC(=O)c1ccc(Br)cc1. The molecule has 0 aliphatic heterocycles. The number of hydrogen-bond donors (Lipinski definition) is 1. The number of carbonyl (C=O) groups is 2. The lowest BCUT2D eigenvalue weighted by atomic mass is 10.2. The Bertz CT molecular complexity index is 1130. The van der Waals surface area contributed by atoms with Crippen molar-refractivity contribution >= 4 is 34.0 Å². The van der Waals surface area contributed by atoms with E-state index in [1.807, 2.05) is 25.1 Å². The summed E-state index contributed by atoms with van der Waals surface area (Å²) in [5.74, 6) is 0.344. The molecule has 3 aromatic carbocycles. The predicted octanol–water partition coefficient (Wildman–Crippen LogP) is 4.51. The molecule has 0 atom stereocenters. The van der Waals surface area contributed by atoms with E-state index in [0.717, 1.165) is 10.0 Å². The van der Waals surface area contributed by atoms with E-state index < -0.39 is 11.9 Å². The van der Waals surface area contributed by atoms with Crippen LogP contribution < -0.4 is 19.6 Å². The molecule has 0 radical (unpaired) electrons. The van der Waals surface area contributed by atoms with Gasteiger partial charge in [0.15, 0.2) is 18.1 Å². The summed E-state index contributed by atoms with van der Waals surface area (Å²) >= 11 is 3.33. The van der Waals surface area contributed by atoms with Gasteiger partial charge in [-0.3, -0.25) is 4.79 Å². The molecule has 0 aliphatic carbocycles. The molecule has 1 N–H and O–H groups in total. The van der Waals surface area contributed by atoms with Crippen LogP contribution in [-0.2, 0) is 4.79 Å². The fourth-order valence-corrected chi connectivity index (χ4v) is 2.92. The van der Waals surface area contributed by atoms with Crippen LogP contribution in [0.4, 0.5) is 0 Å². The van der Waals surface area contributed by atoms with Gasteiger partial charge in [-0.2, -0.15) is 5.10 Å². The average molecular weight is 497 g/mol. The third kappa shape index (κ3) is 6.68. The molecule has 7 nitrogen and oxygen atoms in total. The highest BCUT2D eigenvalue weighted by molar-refractivity contribution is 9.10. The Labute approximate surface area is 194 Å². The summed E-state index contributed by atoms with van der Waals surface area (Å²) in [6.07, 6.45) is 1.45. The highest BCUT2D eigenvalue weighted by Gasteiger charge is 2.13. The first kappa shape index (κ1) is 23.0. The van der Waals surface area contributed by atoms with E-state index in [1.54, 1.807) is 48.5 Å². The van der Waals surface area contributed by atoms with E-state index >= 15 is 0 Å². The first-order valence-electron chi connectivity index (χ1n) is 9.62. The third-order valence-electron chi connectivity index (χ3n) is 4.23. The van der Waals surface area contributed by atoms with Crippen LogP contribution in [0.5, 0.6) is 17.2 Å². The molecular weight excluding hydrogens is 476 g/mol. The largest absolute Gasteiger partial charge is 0.493 e. The van der Waals surface area contributed by atoms with Crippen molar-refractivity contribution in [2.24, 2.45) is 5.10 Å². The molecule has 0 spiro atoms. The number of benzene rings is 3. The monoisotopic (exact) mass is 496 g/mol. The van der Waals surface area contributed by atoms with Crippen molar-refractivity contribution in [3.05, 3.63) is 87.9 Å². The Morgan fingerprint density at radius 1 is 1.03 bits per heavy atom. The molecule has 0 bridgehead atoms. The second kappa shape index (κ2) is 11.1. The van der Waals surface area contributed by atoms with Crippen LogP contribution in [0.15, 0.2) is 76.3 Å². The van der Waals surface area contributed by atoms with Crippen LogP contribution in [0.3, 0.4) is 0 Å². The molecule has 32 heavy (non-hydrogen) atoms. The van der Waals surface area contributed by atoms with Crippen molar-refractivity contribution < 1.29 is 23.8 Å². The molecule has 1 amide bonds. The number of halogens is 1. The predicted molar refractivity (Wildman–Crippen MR) is 125 cm³/mol. The molecule has 0 heterocycles. The van der Waals surface area contributed by atoms with Gasteiger partial charge in [-0.05, 0) is 72.6 Å². The first-order valence-corrected chi connectivity index (χ1v) is 10.4. The van der Waals surface area contributed by atoms with Crippen LogP contribution in [-0.4, -0.2) is 31.8 Å². The molecule has 8 heteroatoms. The van der Waals surface area contributed by atoms with E-state index in [1.165, 1.54) is 13.3 Å². The summed E-state index contributed by atoms with van der Waals surface area (Å²) in [6.45, 7) is 1.79. The van der Waals surface area contributed by atoms with Gasteiger partial charge in [0.25, 0.3) is 5.91 Å². The number of nitrogens with one attached hydrogen (secondary N) is 1. The number of hydrazone groups is 1. The summed E-state index contributed by atoms with van der Waals surface area (Å²) in [5.41, 5.74) is 4.50. The van der Waals surface area contributed by atoms with E-state index in [2.05, 4.69) is 26.5 Å². The number of ether oxygens (including phenoxy) is 3. The number of carbonyl (C=O) groups excluding carboxylic acids is 2. The van der Waals surface area contributed by atoms with E-state index in [9.17, 15) is 9.59 Å². The fraction of sp³-hybridized carbons (Fsp3) is 0.125. The molecule has 0 saturated heterocycles. The zero-order valence-electron chi connectivity index (χ0n) is 17.5. The number of aryl methyl sites for hydroxylation is 1. The zero-order chi connectivity index (χ0) is 22.9. The fourth-order valence-electron chi connectivity index (χ4n) is 2.66. The summed E-state index contributed by atoms with van der Waals surface area (Å²) in [4.78, 5) is 24.2. The highest BCUT2D eigenvalue weighted by Crippen LogP contribution is 2.28. The van der Waals surface area contributed by atoms with Crippen molar-refractivity contribution in [2.75, 3.05) is 13.7 Å². The van der Waals surface area contributed by atoms with Crippen LogP contribution in [0.1, 0.15) is 21.5 Å². The maximum atomic E-state index is 12.3. The Kier molecular flexibility index (Phi) is 7.99. The van der Waals surface area contributed by atoms with Crippen molar-refractivity contribution in [1.29, 1.82) is 0 Å². The average Bonchev–Trinajstić information content (AvgIpc) is 2.79. The summed E-state index contributed by atoms with van der Waals surface area (Å²) in [5, 5.41) is 3.92. The molecule has 0 aromatic heterocycles. The Hall–Kier alpha value is -3.65. The quantitative estimate of drug-likeness (QED) is 0.214. The smallest absolute Gasteiger partial charge is 0.343 e. The lowest BCUT2D eigenvalue weighted by Gasteiger charge is -2.10. The van der Waals surface area contributed by atoms with Crippen molar-refractivity contribution in [1.82, 2.24) is 5.43 Å². The molecule has 0 aliphatic rings. The minimum Gasteiger partial charge on any atom is -0.493 e. The lowest BCUT2D eigenvalue weighted by Crippen LogP contribution is -2.24. The highest BCUT2D eigenvalue weighted by atomic mass is 79.9. The molecule has 3 rings (SSSR count). The number of methoxy groups -OCH3 is 1. The minimum absolute atomic E-state index is 0.158. The molecule has 0 fully saturated rings. The number of amides is 1. The van der Waals surface area contributed by atoms with Gasteiger partial charge in [0, 0.05) is 4.47 Å². The third-order valence-corrected chi connectivity index (χ3v) is 4.76. The van der Waals surface area contributed by atoms with Crippen LogP contribution >= 0.6 is 15.9 Å². The van der Waals surface area contributed by atoms with E-state index in [0.29, 0.717) is 22.6 Å². The van der Waals surface area contributed by atoms with Crippen LogP contribution in [0, 0.1) is 6.92 Å². The zero-order valence-corrected chi connectivity index (χ0v) is 19.1. The van der Waals surface area contributed by atoms with E-state index in [4.69, 9.17) is 14.2 Å². The number of nitrogens with zero attached hydrogens (tertiary/aromatic N) is 1. The molecule has 0 saturated carbocycles. The maximum absolute atomic E-state index is 12.3.